The Hall–Kier alpha value is -0.820. The number of ether oxygens (including phenoxy) is 3. The molecule has 0 fully saturated rings. The summed E-state index contributed by atoms with van der Waals surface area (Å²) in [5.41, 5.74) is 10.6. The lowest BCUT2D eigenvalue weighted by molar-refractivity contribution is -0.119. The summed E-state index contributed by atoms with van der Waals surface area (Å²) < 4.78 is 16.1. The van der Waals surface area contributed by atoms with Crippen LogP contribution in [-0.2, 0) is 19.0 Å². The van der Waals surface area contributed by atoms with Gasteiger partial charge >= 0.3 is 0 Å². The fourth-order valence-electron chi connectivity index (χ4n) is 1.29. The molecule has 26 heavy (non-hydrogen) atoms. The number of thioether (sulfide) groups is 1. The molecule has 0 aromatic heterocycles. The van der Waals surface area contributed by atoms with Crippen molar-refractivity contribution in [3.63, 3.8) is 0 Å². The summed E-state index contributed by atoms with van der Waals surface area (Å²) >= 11 is 1.69. The summed E-state index contributed by atoms with van der Waals surface area (Å²) in [7, 11) is 0. The Morgan fingerprint density at radius 3 is 2.00 bits per heavy atom. The topological polar surface area (TPSA) is 132 Å². The van der Waals surface area contributed by atoms with Gasteiger partial charge in [-0.2, -0.15) is 0 Å². The van der Waals surface area contributed by atoms with Gasteiger partial charge in [-0.15, -0.1) is 23.6 Å². The van der Waals surface area contributed by atoms with E-state index in [1.165, 1.54) is 0 Å². The highest BCUT2D eigenvalue weighted by atomic mass is 32.2. The Balaban J connectivity index is -0.000000119. The molecule has 1 atom stereocenters. The Labute approximate surface area is 167 Å². The minimum Gasteiger partial charge on any atom is -0.379 e. The molecule has 7 nitrogen and oxygen atoms in total. The second kappa shape index (κ2) is 31.9. The van der Waals surface area contributed by atoms with Crippen LogP contribution in [0.2, 0.25) is 0 Å². The van der Waals surface area contributed by atoms with E-state index in [2.05, 4.69) is 11.8 Å². The van der Waals surface area contributed by atoms with Gasteiger partial charge in [-0.1, -0.05) is 13.8 Å². The summed E-state index contributed by atoms with van der Waals surface area (Å²) in [6, 6.07) is 0. The molecule has 7 N–H and O–H groups in total. The van der Waals surface area contributed by atoms with Gasteiger partial charge in [0.2, 0.25) is 5.91 Å². The third-order valence-corrected chi connectivity index (χ3v) is 3.45. The zero-order valence-corrected chi connectivity index (χ0v) is 18.2. The molecule has 1 amide bonds. The van der Waals surface area contributed by atoms with Crippen LogP contribution in [0.1, 0.15) is 49.8 Å². The van der Waals surface area contributed by atoms with Gasteiger partial charge in [-0.25, -0.2) is 0 Å². The smallest absolute Gasteiger partial charge is 0.219 e. The maximum absolute atomic E-state index is 10.4. The van der Waals surface area contributed by atoms with Gasteiger partial charge in [-0.3, -0.25) is 4.79 Å². The second-order valence-corrected chi connectivity index (χ2v) is 5.41. The molecule has 0 radical (unpaired) electrons. The fraction of sp³-hybridized carbons (Fsp3) is 0.833. The summed E-state index contributed by atoms with van der Waals surface area (Å²) in [6.45, 7) is 10.7. The van der Waals surface area contributed by atoms with E-state index >= 15 is 0 Å². The molecule has 0 heterocycles. The number of amides is 1. The van der Waals surface area contributed by atoms with Crippen molar-refractivity contribution in [1.82, 2.24) is 6.15 Å². The number of hydrogen-bond donors (Lipinski definition) is 3. The van der Waals surface area contributed by atoms with Crippen LogP contribution in [0.3, 0.4) is 0 Å². The maximum Gasteiger partial charge on any atom is 0.219 e. The normalized spacial score (nSPS) is 9.92. The third kappa shape index (κ3) is 34.5. The Morgan fingerprint density at radius 2 is 1.58 bits per heavy atom. The standard InChI is InChI=1S/C12H26N2O4S.C4H6.C2H6.H3N.2H2/c1-19-12(3-2-5-13)18-10-9-17-8-7-16-6-4-11(14)15;1-3-4-2;1-2;;;/h12H,2-10,13H2,1H3,(H2,14,15);1-2H3;1-2H3;1H3;2*1H. The summed E-state index contributed by atoms with van der Waals surface area (Å²) in [6.07, 6.45) is 4.21. The molecule has 0 aliphatic heterocycles. The number of carbonyl (C=O) groups is 1. The van der Waals surface area contributed by atoms with Crippen molar-refractivity contribution < 1.29 is 21.9 Å². The van der Waals surface area contributed by atoms with Crippen LogP contribution in [0, 0.1) is 11.8 Å². The lowest BCUT2D eigenvalue weighted by atomic mass is 10.3. The first kappa shape index (κ1) is 32.8. The van der Waals surface area contributed by atoms with E-state index in [0.717, 1.165) is 12.8 Å². The Kier molecular flexibility index (Phi) is 40.3. The molecule has 0 aromatic rings. The van der Waals surface area contributed by atoms with E-state index in [1.807, 2.05) is 34.0 Å². The van der Waals surface area contributed by atoms with Crippen molar-refractivity contribution in [2.24, 2.45) is 11.5 Å². The maximum atomic E-state index is 10.4. The van der Waals surface area contributed by atoms with E-state index in [4.69, 9.17) is 25.7 Å². The number of carbonyl (C=O) groups excluding carboxylic acids is 1. The van der Waals surface area contributed by atoms with Crippen molar-refractivity contribution in [2.75, 3.05) is 45.8 Å². The quantitative estimate of drug-likeness (QED) is 0.232. The van der Waals surface area contributed by atoms with Crippen molar-refractivity contribution >= 4 is 17.7 Å². The number of rotatable bonds is 14. The van der Waals surface area contributed by atoms with Gasteiger partial charge in [-0.05, 0) is 39.5 Å². The molecule has 8 heteroatoms. The first-order valence-electron chi connectivity index (χ1n) is 8.74. The zero-order valence-electron chi connectivity index (χ0n) is 17.3. The highest BCUT2D eigenvalue weighted by Gasteiger charge is 2.05. The second-order valence-electron chi connectivity index (χ2n) is 4.41. The minimum atomic E-state index is -0.352. The highest BCUT2D eigenvalue weighted by molar-refractivity contribution is 7.99. The molecule has 0 bridgehead atoms. The first-order chi connectivity index (χ1) is 12.1. The molecule has 0 saturated carbocycles. The van der Waals surface area contributed by atoms with Crippen molar-refractivity contribution in [3.05, 3.63) is 0 Å². The zero-order chi connectivity index (χ0) is 19.8. The van der Waals surface area contributed by atoms with Gasteiger partial charge in [0.15, 0.2) is 0 Å². The average Bonchev–Trinajstić information content (AvgIpc) is 2.64. The summed E-state index contributed by atoms with van der Waals surface area (Å²) in [4.78, 5) is 10.4. The van der Waals surface area contributed by atoms with E-state index < -0.39 is 0 Å². The molecule has 0 spiro atoms. The van der Waals surface area contributed by atoms with Gasteiger partial charge in [0.25, 0.3) is 0 Å². The predicted molar refractivity (Wildman–Crippen MR) is 117 cm³/mol. The monoisotopic (exact) mass is 399 g/mol. The molecule has 162 valence electrons. The van der Waals surface area contributed by atoms with Crippen LogP contribution < -0.4 is 17.6 Å². The molecule has 0 aliphatic carbocycles. The van der Waals surface area contributed by atoms with Crippen LogP contribution in [0.15, 0.2) is 0 Å². The van der Waals surface area contributed by atoms with Gasteiger partial charge in [0.1, 0.15) is 5.44 Å². The molecule has 1 unspecified atom stereocenters. The third-order valence-electron chi connectivity index (χ3n) is 2.55. The van der Waals surface area contributed by atoms with E-state index in [-0.39, 0.29) is 26.8 Å². The van der Waals surface area contributed by atoms with Gasteiger partial charge < -0.3 is 31.8 Å². The molecule has 0 rings (SSSR count). The first-order valence-corrected chi connectivity index (χ1v) is 10.0. The Morgan fingerprint density at radius 1 is 1.08 bits per heavy atom. The Bertz CT molecular complexity index is 328. The van der Waals surface area contributed by atoms with Crippen LogP contribution in [0.5, 0.6) is 0 Å². The van der Waals surface area contributed by atoms with Crippen LogP contribution in [0.25, 0.3) is 0 Å². The number of hydrogen-bond acceptors (Lipinski definition) is 7. The van der Waals surface area contributed by atoms with E-state index in [9.17, 15) is 4.79 Å². The largest absolute Gasteiger partial charge is 0.379 e. The average molecular weight is 400 g/mol. The van der Waals surface area contributed by atoms with E-state index in [0.29, 0.717) is 39.6 Å². The van der Waals surface area contributed by atoms with Crippen LogP contribution >= 0.6 is 11.8 Å². The lowest BCUT2D eigenvalue weighted by Crippen LogP contribution is -2.17. The van der Waals surface area contributed by atoms with Gasteiger partial charge in [0, 0.05) is 9.27 Å². The summed E-state index contributed by atoms with van der Waals surface area (Å²) in [5, 5.41) is 0. The number of nitrogens with two attached hydrogens (primary N) is 2. The van der Waals surface area contributed by atoms with E-state index in [1.54, 1.807) is 11.8 Å². The predicted octanol–water partition coefficient (Wildman–Crippen LogP) is 3.05. The lowest BCUT2D eigenvalue weighted by Gasteiger charge is -2.15. The van der Waals surface area contributed by atoms with Crippen LogP contribution in [-0.4, -0.2) is 57.2 Å². The van der Waals surface area contributed by atoms with Crippen molar-refractivity contribution in [2.45, 2.75) is 52.4 Å². The minimum absolute atomic E-state index is 0. The van der Waals surface area contributed by atoms with Crippen molar-refractivity contribution in [1.29, 1.82) is 0 Å². The van der Waals surface area contributed by atoms with Gasteiger partial charge in [0.05, 0.1) is 33.0 Å². The SMILES string of the molecule is CC.CC#CC.CSC(CCCN)OCCOCCOCCC(N)=O.N.[HH].[HH]. The fourth-order valence-corrected chi connectivity index (χ4v) is 1.92. The van der Waals surface area contributed by atoms with Crippen molar-refractivity contribution in [3.8, 4) is 11.8 Å². The molecular formula is C18H45N3O4S. The molecule has 0 aliphatic rings. The summed E-state index contributed by atoms with van der Waals surface area (Å²) in [5.74, 6) is 5.01. The highest BCUT2D eigenvalue weighted by Crippen LogP contribution is 2.13. The number of primary amides is 1. The molecular weight excluding hydrogens is 354 g/mol. The van der Waals surface area contributed by atoms with Crippen LogP contribution in [0.4, 0.5) is 0 Å². The molecule has 0 aromatic carbocycles. The molecule has 0 saturated heterocycles.